The summed E-state index contributed by atoms with van der Waals surface area (Å²) in [6, 6.07) is 13.9. The van der Waals surface area contributed by atoms with Crippen LogP contribution in [0.2, 0.25) is 0 Å². The number of benzene rings is 2. The first-order valence-corrected chi connectivity index (χ1v) is 6.15. The number of fused-ring (bicyclic) bond motifs is 3. The van der Waals surface area contributed by atoms with Crippen LogP contribution < -0.4 is 5.32 Å². The van der Waals surface area contributed by atoms with Gasteiger partial charge in [-0.25, -0.2) is 0 Å². The first-order chi connectivity index (χ1) is 9.29. The number of H-pyrrole nitrogens is 1. The second-order valence-electron chi connectivity index (χ2n) is 4.52. The van der Waals surface area contributed by atoms with Crippen molar-refractivity contribution in [2.45, 2.75) is 6.10 Å². The predicted molar refractivity (Wildman–Crippen MR) is 74.8 cm³/mol. The molecule has 3 N–H and O–H groups in total. The quantitative estimate of drug-likeness (QED) is 0.624. The Morgan fingerprint density at radius 1 is 1.16 bits per heavy atom. The second-order valence-corrected chi connectivity index (χ2v) is 4.52. The topological polar surface area (TPSA) is 65.1 Å². The zero-order chi connectivity index (χ0) is 13.2. The van der Waals surface area contributed by atoms with E-state index >= 15 is 0 Å². The molecule has 0 unspecified atom stereocenters. The Labute approximate surface area is 110 Å². The number of aliphatic hydroxyl groups is 1. The van der Waals surface area contributed by atoms with Gasteiger partial charge in [-0.15, -0.1) is 0 Å². The molecule has 0 saturated carbocycles. The fourth-order valence-electron chi connectivity index (χ4n) is 2.36. The number of aromatic nitrogens is 1. The van der Waals surface area contributed by atoms with Crippen LogP contribution in [0.15, 0.2) is 42.5 Å². The Morgan fingerprint density at radius 3 is 2.79 bits per heavy atom. The third kappa shape index (κ3) is 2.06. The molecule has 1 amide bonds. The zero-order valence-corrected chi connectivity index (χ0v) is 10.3. The molecular formula is C15H14N2O2. The fraction of sp³-hybridized carbons (Fsp3) is 0.133. The number of rotatable bonds is 4. The summed E-state index contributed by atoms with van der Waals surface area (Å²) >= 11 is 0. The van der Waals surface area contributed by atoms with Crippen LogP contribution in [0.1, 0.15) is 11.7 Å². The van der Waals surface area contributed by atoms with Gasteiger partial charge in [0.05, 0.1) is 6.10 Å². The number of hydrogen-bond donors (Lipinski definition) is 3. The third-order valence-electron chi connectivity index (χ3n) is 3.31. The number of para-hydroxylation sites is 1. The van der Waals surface area contributed by atoms with E-state index in [1.807, 2.05) is 36.4 Å². The average molecular weight is 254 g/mol. The van der Waals surface area contributed by atoms with Gasteiger partial charge in [-0.1, -0.05) is 30.3 Å². The molecule has 0 aliphatic carbocycles. The van der Waals surface area contributed by atoms with E-state index in [1.165, 1.54) is 5.39 Å². The zero-order valence-electron chi connectivity index (χ0n) is 10.3. The Kier molecular flexibility index (Phi) is 2.93. The molecular weight excluding hydrogens is 240 g/mol. The van der Waals surface area contributed by atoms with E-state index in [0.29, 0.717) is 6.41 Å². The van der Waals surface area contributed by atoms with Crippen molar-refractivity contribution in [3.63, 3.8) is 0 Å². The van der Waals surface area contributed by atoms with Gasteiger partial charge in [-0.2, -0.15) is 0 Å². The Balaban J connectivity index is 2.05. The van der Waals surface area contributed by atoms with Gasteiger partial charge in [-0.3, -0.25) is 4.79 Å². The van der Waals surface area contributed by atoms with Gasteiger partial charge >= 0.3 is 0 Å². The lowest BCUT2D eigenvalue weighted by Crippen LogP contribution is -2.19. The highest BCUT2D eigenvalue weighted by Gasteiger charge is 2.09. The van der Waals surface area contributed by atoms with Crippen LogP contribution in [0.25, 0.3) is 21.8 Å². The Hall–Kier alpha value is -2.33. The maximum absolute atomic E-state index is 10.2. The molecule has 96 valence electrons. The number of amides is 1. The number of nitrogens with one attached hydrogen (secondary N) is 2. The lowest BCUT2D eigenvalue weighted by Gasteiger charge is -2.09. The fourth-order valence-corrected chi connectivity index (χ4v) is 2.36. The maximum atomic E-state index is 10.2. The van der Waals surface area contributed by atoms with E-state index in [4.69, 9.17) is 0 Å². The van der Waals surface area contributed by atoms with Crippen molar-refractivity contribution in [3.05, 3.63) is 48.0 Å². The number of carbonyl (C=O) groups is 1. The number of aromatic amines is 1. The summed E-state index contributed by atoms with van der Waals surface area (Å²) in [4.78, 5) is 13.6. The molecule has 2 aromatic carbocycles. The predicted octanol–water partition coefficient (Wildman–Crippen LogP) is 2.10. The smallest absolute Gasteiger partial charge is 0.207 e. The van der Waals surface area contributed by atoms with Crippen molar-refractivity contribution in [1.82, 2.24) is 10.3 Å². The minimum atomic E-state index is -0.694. The van der Waals surface area contributed by atoms with Crippen LogP contribution in [-0.2, 0) is 4.79 Å². The molecule has 4 nitrogen and oxygen atoms in total. The van der Waals surface area contributed by atoms with Crippen LogP contribution in [0.3, 0.4) is 0 Å². The SMILES string of the molecule is O=CNC[C@@H](O)c1ccc2c(c1)[nH]c1ccccc12. The van der Waals surface area contributed by atoms with Gasteiger partial charge in [-0.05, 0) is 17.7 Å². The van der Waals surface area contributed by atoms with Crippen molar-refractivity contribution < 1.29 is 9.90 Å². The van der Waals surface area contributed by atoms with Crippen molar-refractivity contribution in [2.75, 3.05) is 6.54 Å². The highest BCUT2D eigenvalue weighted by atomic mass is 16.3. The molecule has 0 spiro atoms. The van der Waals surface area contributed by atoms with Gasteiger partial charge in [0.2, 0.25) is 6.41 Å². The highest BCUT2D eigenvalue weighted by Crippen LogP contribution is 2.27. The largest absolute Gasteiger partial charge is 0.387 e. The summed E-state index contributed by atoms with van der Waals surface area (Å²) in [6.45, 7) is 0.217. The molecule has 1 atom stereocenters. The monoisotopic (exact) mass is 254 g/mol. The molecule has 19 heavy (non-hydrogen) atoms. The van der Waals surface area contributed by atoms with Gasteiger partial charge in [0, 0.05) is 28.4 Å². The van der Waals surface area contributed by atoms with E-state index in [0.717, 1.165) is 22.0 Å². The van der Waals surface area contributed by atoms with Gasteiger partial charge in [0.15, 0.2) is 0 Å². The third-order valence-corrected chi connectivity index (χ3v) is 3.31. The van der Waals surface area contributed by atoms with Crippen LogP contribution in [0, 0.1) is 0 Å². The average Bonchev–Trinajstić information content (AvgIpc) is 2.82. The van der Waals surface area contributed by atoms with E-state index in [-0.39, 0.29) is 6.54 Å². The minimum Gasteiger partial charge on any atom is -0.387 e. The lowest BCUT2D eigenvalue weighted by molar-refractivity contribution is -0.109. The van der Waals surface area contributed by atoms with Crippen LogP contribution in [-0.4, -0.2) is 23.0 Å². The molecule has 0 saturated heterocycles. The van der Waals surface area contributed by atoms with E-state index < -0.39 is 6.10 Å². The first-order valence-electron chi connectivity index (χ1n) is 6.15. The number of hydrogen-bond acceptors (Lipinski definition) is 2. The summed E-state index contributed by atoms with van der Waals surface area (Å²) in [5, 5.41) is 14.7. The molecule has 3 aromatic rings. The summed E-state index contributed by atoms with van der Waals surface area (Å²) in [5.74, 6) is 0. The Bertz CT molecular complexity index is 733. The first kappa shape index (κ1) is 11.7. The lowest BCUT2D eigenvalue weighted by atomic mass is 10.1. The minimum absolute atomic E-state index is 0.217. The van der Waals surface area contributed by atoms with Crippen LogP contribution in [0.4, 0.5) is 0 Å². The summed E-state index contributed by atoms with van der Waals surface area (Å²) in [7, 11) is 0. The van der Waals surface area contributed by atoms with Gasteiger partial charge in [0.25, 0.3) is 0 Å². The molecule has 0 bridgehead atoms. The number of carbonyl (C=O) groups excluding carboxylic acids is 1. The highest BCUT2D eigenvalue weighted by molar-refractivity contribution is 6.07. The van der Waals surface area contributed by atoms with E-state index in [9.17, 15) is 9.90 Å². The normalized spacial score (nSPS) is 12.7. The molecule has 4 heteroatoms. The molecule has 1 aromatic heterocycles. The summed E-state index contributed by atoms with van der Waals surface area (Å²) in [5.41, 5.74) is 2.85. The Morgan fingerprint density at radius 2 is 1.95 bits per heavy atom. The van der Waals surface area contributed by atoms with Crippen molar-refractivity contribution >= 4 is 28.2 Å². The van der Waals surface area contributed by atoms with E-state index in [2.05, 4.69) is 16.4 Å². The number of aliphatic hydroxyl groups excluding tert-OH is 1. The standard InChI is InChI=1S/C15H14N2O2/c18-9-16-8-15(19)10-5-6-12-11-3-1-2-4-13(11)17-14(12)7-10/h1-7,9,15,17,19H,8H2,(H,16,18)/t15-/m1/s1. The van der Waals surface area contributed by atoms with Gasteiger partial charge in [0.1, 0.15) is 0 Å². The second kappa shape index (κ2) is 4.74. The van der Waals surface area contributed by atoms with Crippen molar-refractivity contribution in [2.24, 2.45) is 0 Å². The van der Waals surface area contributed by atoms with Crippen LogP contribution in [0.5, 0.6) is 0 Å². The van der Waals surface area contributed by atoms with Gasteiger partial charge < -0.3 is 15.4 Å². The van der Waals surface area contributed by atoms with Crippen molar-refractivity contribution in [3.8, 4) is 0 Å². The maximum Gasteiger partial charge on any atom is 0.207 e. The van der Waals surface area contributed by atoms with E-state index in [1.54, 1.807) is 0 Å². The summed E-state index contributed by atoms with van der Waals surface area (Å²) in [6.07, 6.45) is -0.106. The molecule has 1 heterocycles. The van der Waals surface area contributed by atoms with Crippen LogP contribution >= 0.6 is 0 Å². The molecule has 0 fully saturated rings. The summed E-state index contributed by atoms with van der Waals surface area (Å²) < 4.78 is 0. The molecule has 0 aliphatic heterocycles. The molecule has 0 aliphatic rings. The molecule has 3 rings (SSSR count). The molecule has 0 radical (unpaired) electrons. The van der Waals surface area contributed by atoms with Crippen molar-refractivity contribution in [1.29, 1.82) is 0 Å².